The zero-order chi connectivity index (χ0) is 18.6. The first kappa shape index (κ1) is 19.0. The summed E-state index contributed by atoms with van der Waals surface area (Å²) in [6.07, 6.45) is -7.87. The molecule has 0 radical (unpaired) electrons. The van der Waals surface area contributed by atoms with E-state index in [9.17, 15) is 35.7 Å². The predicted octanol–water partition coefficient (Wildman–Crippen LogP) is -3.46. The molecule has 0 aromatic carbocycles. The molecular weight excluding hydrogens is 340 g/mol. The summed E-state index contributed by atoms with van der Waals surface area (Å²) in [5.41, 5.74) is -3.35. The van der Waals surface area contributed by atoms with Crippen molar-refractivity contribution in [2.75, 3.05) is 6.61 Å². The van der Waals surface area contributed by atoms with Gasteiger partial charge in [-0.05, 0) is 13.0 Å². The van der Waals surface area contributed by atoms with E-state index in [1.807, 2.05) is 0 Å². The summed E-state index contributed by atoms with van der Waals surface area (Å²) < 4.78 is 16.0. The number of aliphatic hydroxyl groups is 7. The van der Waals surface area contributed by atoms with Gasteiger partial charge >= 0.3 is 0 Å². The molecule has 0 amide bonds. The van der Waals surface area contributed by atoms with Crippen LogP contribution < -0.4 is 0 Å². The molecule has 2 heterocycles. The summed E-state index contributed by atoms with van der Waals surface area (Å²) in [5.74, 6) is -1.10. The Morgan fingerprint density at radius 3 is 2.40 bits per heavy atom. The van der Waals surface area contributed by atoms with Gasteiger partial charge in [0.1, 0.15) is 30.0 Å². The first-order valence-corrected chi connectivity index (χ1v) is 8.04. The van der Waals surface area contributed by atoms with Crippen LogP contribution in [0.15, 0.2) is 12.3 Å². The van der Waals surface area contributed by atoms with Gasteiger partial charge in [0, 0.05) is 6.42 Å². The van der Waals surface area contributed by atoms with E-state index in [4.69, 9.17) is 14.2 Å². The number of hydrogen-bond acceptors (Lipinski definition) is 10. The molecule has 2 fully saturated rings. The summed E-state index contributed by atoms with van der Waals surface area (Å²) >= 11 is 0. The Morgan fingerprint density at radius 2 is 1.76 bits per heavy atom. The summed E-state index contributed by atoms with van der Waals surface area (Å²) in [6, 6.07) is 0. The highest BCUT2D eigenvalue weighted by atomic mass is 16.8. The Bertz CT molecular complexity index is 522. The average molecular weight is 364 g/mol. The van der Waals surface area contributed by atoms with Gasteiger partial charge in [0.05, 0.1) is 30.5 Å². The highest BCUT2D eigenvalue weighted by Crippen LogP contribution is 2.49. The third kappa shape index (κ3) is 2.97. The zero-order valence-electron chi connectivity index (χ0n) is 13.5. The lowest BCUT2D eigenvalue weighted by Crippen LogP contribution is -2.61. The molecule has 1 saturated heterocycles. The van der Waals surface area contributed by atoms with Gasteiger partial charge in [-0.3, -0.25) is 0 Å². The number of aliphatic hydroxyl groups excluding tert-OH is 5. The van der Waals surface area contributed by atoms with Crippen molar-refractivity contribution in [1.29, 1.82) is 0 Å². The lowest BCUT2D eigenvalue weighted by atomic mass is 9.81. The van der Waals surface area contributed by atoms with Crippen molar-refractivity contribution in [2.45, 2.75) is 67.6 Å². The predicted molar refractivity (Wildman–Crippen MR) is 78.6 cm³/mol. The molecule has 10 nitrogen and oxygen atoms in total. The van der Waals surface area contributed by atoms with E-state index in [1.165, 1.54) is 13.0 Å². The maximum atomic E-state index is 10.7. The van der Waals surface area contributed by atoms with Crippen LogP contribution in [0.2, 0.25) is 0 Å². The topological polar surface area (TPSA) is 169 Å². The molecule has 1 saturated carbocycles. The van der Waals surface area contributed by atoms with Crippen LogP contribution in [-0.4, -0.2) is 96.7 Å². The van der Waals surface area contributed by atoms with Gasteiger partial charge < -0.3 is 50.0 Å². The van der Waals surface area contributed by atoms with Crippen LogP contribution in [0.1, 0.15) is 13.3 Å². The third-order valence-electron chi connectivity index (χ3n) is 5.25. The molecule has 3 rings (SSSR count). The molecule has 0 spiro atoms. The van der Waals surface area contributed by atoms with Gasteiger partial charge in [0.2, 0.25) is 6.29 Å². The quantitative estimate of drug-likeness (QED) is 0.267. The molecule has 10 atom stereocenters. The van der Waals surface area contributed by atoms with Crippen LogP contribution >= 0.6 is 0 Å². The standard InChI is InChI=1S/C15H24O10/c1-14(21)4-7(17)15(22)2-3-23-13(11(14)15)25-12-10(20)9(19)8(18)6(5-16)24-12/h2-3,6-13,16-22H,4-5H2,1H3/t6-,7+,8-,9+,10-,11-,12+,13-,14+,15-/m1/s1. The van der Waals surface area contributed by atoms with Crippen LogP contribution in [0.3, 0.4) is 0 Å². The van der Waals surface area contributed by atoms with Gasteiger partial charge in [-0.2, -0.15) is 0 Å². The minimum atomic E-state index is -1.81. The summed E-state index contributed by atoms with van der Waals surface area (Å²) in [6.45, 7) is 0.783. The van der Waals surface area contributed by atoms with Crippen molar-refractivity contribution in [1.82, 2.24) is 0 Å². The van der Waals surface area contributed by atoms with Crippen molar-refractivity contribution < 1.29 is 50.0 Å². The molecule has 3 aliphatic rings. The van der Waals surface area contributed by atoms with Crippen molar-refractivity contribution in [3.8, 4) is 0 Å². The fraction of sp³-hybridized carbons (Fsp3) is 0.867. The molecule has 0 unspecified atom stereocenters. The fourth-order valence-electron chi connectivity index (χ4n) is 3.84. The van der Waals surface area contributed by atoms with Crippen LogP contribution in [0, 0.1) is 5.92 Å². The molecule has 0 aromatic rings. The molecule has 144 valence electrons. The van der Waals surface area contributed by atoms with E-state index < -0.39 is 66.8 Å². The maximum absolute atomic E-state index is 10.7. The van der Waals surface area contributed by atoms with Gasteiger partial charge in [-0.1, -0.05) is 0 Å². The second-order valence-electron chi connectivity index (χ2n) is 7.08. The van der Waals surface area contributed by atoms with Crippen molar-refractivity contribution >= 4 is 0 Å². The number of ether oxygens (including phenoxy) is 3. The molecule has 2 aliphatic heterocycles. The van der Waals surface area contributed by atoms with E-state index in [0.29, 0.717) is 0 Å². The SMILES string of the molecule is C[C@]1(O)C[C@H](O)[C@]2(O)C=CO[C@H](O[C@@H]3O[C@H](CO)[C@@H](O)[C@H](O)[C@H]3O)[C@@H]21. The monoisotopic (exact) mass is 364 g/mol. The second kappa shape index (κ2) is 6.41. The van der Waals surface area contributed by atoms with Crippen molar-refractivity contribution in [2.24, 2.45) is 5.92 Å². The number of fused-ring (bicyclic) bond motifs is 1. The van der Waals surface area contributed by atoms with Crippen LogP contribution in [-0.2, 0) is 14.2 Å². The van der Waals surface area contributed by atoms with Gasteiger partial charge in [0.15, 0.2) is 6.29 Å². The summed E-state index contributed by atoms with van der Waals surface area (Å²) in [4.78, 5) is 0. The van der Waals surface area contributed by atoms with Gasteiger partial charge in [-0.15, -0.1) is 0 Å². The van der Waals surface area contributed by atoms with Crippen molar-refractivity contribution in [3.63, 3.8) is 0 Å². The number of rotatable bonds is 3. The maximum Gasteiger partial charge on any atom is 0.210 e. The Hall–Kier alpha value is -0.820. The van der Waals surface area contributed by atoms with Crippen molar-refractivity contribution in [3.05, 3.63) is 12.3 Å². The first-order chi connectivity index (χ1) is 11.6. The minimum absolute atomic E-state index is 0.129. The first-order valence-electron chi connectivity index (χ1n) is 8.04. The molecule has 0 aromatic heterocycles. The smallest absolute Gasteiger partial charge is 0.210 e. The minimum Gasteiger partial charge on any atom is -0.472 e. The molecule has 10 heteroatoms. The molecule has 0 bridgehead atoms. The lowest BCUT2D eigenvalue weighted by molar-refractivity contribution is -0.351. The van der Waals surface area contributed by atoms with Crippen LogP contribution in [0.25, 0.3) is 0 Å². The van der Waals surface area contributed by atoms with E-state index in [2.05, 4.69) is 0 Å². The molecular formula is C15H24O10. The molecule has 7 N–H and O–H groups in total. The Labute approximate surface area is 143 Å². The summed E-state index contributed by atoms with van der Waals surface area (Å²) in [5, 5.41) is 70.2. The highest BCUT2D eigenvalue weighted by Gasteiger charge is 2.64. The average Bonchev–Trinajstić information content (AvgIpc) is 2.73. The van der Waals surface area contributed by atoms with E-state index >= 15 is 0 Å². The fourth-order valence-corrected chi connectivity index (χ4v) is 3.84. The van der Waals surface area contributed by atoms with Gasteiger partial charge in [-0.25, -0.2) is 0 Å². The van der Waals surface area contributed by atoms with Crippen LogP contribution in [0.4, 0.5) is 0 Å². The lowest BCUT2D eigenvalue weighted by Gasteiger charge is -2.45. The van der Waals surface area contributed by atoms with E-state index in [-0.39, 0.29) is 6.42 Å². The van der Waals surface area contributed by atoms with E-state index in [1.54, 1.807) is 0 Å². The summed E-state index contributed by atoms with van der Waals surface area (Å²) in [7, 11) is 0. The molecule has 25 heavy (non-hydrogen) atoms. The zero-order valence-corrected chi connectivity index (χ0v) is 13.5. The Balaban J connectivity index is 1.81. The highest BCUT2D eigenvalue weighted by molar-refractivity contribution is 5.21. The van der Waals surface area contributed by atoms with E-state index in [0.717, 1.165) is 6.26 Å². The van der Waals surface area contributed by atoms with Crippen LogP contribution in [0.5, 0.6) is 0 Å². The second-order valence-corrected chi connectivity index (χ2v) is 7.08. The Morgan fingerprint density at radius 1 is 1.08 bits per heavy atom. The number of hydrogen-bond donors (Lipinski definition) is 7. The third-order valence-corrected chi connectivity index (χ3v) is 5.25. The normalized spacial score (nSPS) is 55.7. The Kier molecular flexibility index (Phi) is 4.86. The largest absolute Gasteiger partial charge is 0.472 e. The molecule has 1 aliphatic carbocycles. The van der Waals surface area contributed by atoms with Gasteiger partial charge in [0.25, 0.3) is 0 Å².